The third-order valence-electron chi connectivity index (χ3n) is 4.97. The first kappa shape index (κ1) is 20.3. The molecule has 1 saturated heterocycles. The molecule has 0 aromatic heterocycles. The lowest BCUT2D eigenvalue weighted by molar-refractivity contribution is -0.129. The second-order valence-electron chi connectivity index (χ2n) is 7.14. The molecule has 0 saturated carbocycles. The van der Waals surface area contributed by atoms with E-state index in [1.54, 1.807) is 12.1 Å². The fourth-order valence-electron chi connectivity index (χ4n) is 3.40. The highest BCUT2D eigenvalue weighted by Gasteiger charge is 2.37. The van der Waals surface area contributed by atoms with Gasteiger partial charge in [0.2, 0.25) is 11.8 Å². The van der Waals surface area contributed by atoms with Crippen molar-refractivity contribution in [1.29, 1.82) is 0 Å². The summed E-state index contributed by atoms with van der Waals surface area (Å²) in [4.78, 5) is 25.0. The van der Waals surface area contributed by atoms with E-state index in [9.17, 15) is 18.0 Å². The first-order chi connectivity index (χ1) is 13.4. The standard InChI is InChI=1S/C19H26N4O4S/c1-14-4-6-16(7-5-14)28(26,27)23-12-11-21-19(25)17(23)13-18(24)22-15-3-2-9-20-10-8-15/h4-7,11-12,15,17,20H,2-3,8-10,13H2,1H3,(H,21,25)(H,22,24)/t15-,17+/m0/s1. The fraction of sp³-hybridized carbons (Fsp3) is 0.474. The zero-order valence-electron chi connectivity index (χ0n) is 15.8. The Bertz CT molecular complexity index is 843. The molecule has 2 atom stereocenters. The summed E-state index contributed by atoms with van der Waals surface area (Å²) in [5.74, 6) is -0.845. The summed E-state index contributed by atoms with van der Waals surface area (Å²) in [7, 11) is -3.95. The highest BCUT2D eigenvalue weighted by molar-refractivity contribution is 7.89. The molecule has 1 aromatic carbocycles. The van der Waals surface area contributed by atoms with Crippen molar-refractivity contribution >= 4 is 21.8 Å². The van der Waals surface area contributed by atoms with Gasteiger partial charge in [-0.15, -0.1) is 0 Å². The van der Waals surface area contributed by atoms with Crippen molar-refractivity contribution in [3.8, 4) is 0 Å². The number of nitrogens with one attached hydrogen (secondary N) is 3. The molecule has 3 N–H and O–H groups in total. The number of carbonyl (C=O) groups excluding carboxylic acids is 2. The van der Waals surface area contributed by atoms with Crippen molar-refractivity contribution in [1.82, 2.24) is 20.3 Å². The molecule has 2 heterocycles. The molecule has 0 spiro atoms. The van der Waals surface area contributed by atoms with E-state index >= 15 is 0 Å². The lowest BCUT2D eigenvalue weighted by atomic mass is 10.1. The summed E-state index contributed by atoms with van der Waals surface area (Å²) in [5.41, 5.74) is 0.930. The van der Waals surface area contributed by atoms with E-state index in [-0.39, 0.29) is 23.3 Å². The Kier molecular flexibility index (Phi) is 6.35. The van der Waals surface area contributed by atoms with Crippen LogP contribution in [0.15, 0.2) is 41.6 Å². The maximum absolute atomic E-state index is 13.0. The normalized spacial score (nSPS) is 23.0. The summed E-state index contributed by atoms with van der Waals surface area (Å²) in [6.45, 7) is 3.61. The smallest absolute Gasteiger partial charge is 0.264 e. The van der Waals surface area contributed by atoms with E-state index in [0.29, 0.717) is 0 Å². The number of sulfonamides is 1. The summed E-state index contributed by atoms with van der Waals surface area (Å²) < 4.78 is 27.0. The van der Waals surface area contributed by atoms with E-state index < -0.39 is 22.0 Å². The van der Waals surface area contributed by atoms with Gasteiger partial charge in [0.25, 0.3) is 10.0 Å². The molecule has 8 nitrogen and oxygen atoms in total. The zero-order chi connectivity index (χ0) is 20.1. The lowest BCUT2D eigenvalue weighted by Crippen LogP contribution is -2.51. The van der Waals surface area contributed by atoms with E-state index in [1.807, 2.05) is 6.92 Å². The van der Waals surface area contributed by atoms with Crippen LogP contribution in [0.2, 0.25) is 0 Å². The quantitative estimate of drug-likeness (QED) is 0.664. The van der Waals surface area contributed by atoms with Gasteiger partial charge in [0, 0.05) is 18.4 Å². The number of nitrogens with zero attached hydrogens (tertiary/aromatic N) is 1. The average Bonchev–Trinajstić information content (AvgIpc) is 2.92. The van der Waals surface area contributed by atoms with E-state index in [1.165, 1.54) is 24.5 Å². The van der Waals surface area contributed by atoms with Gasteiger partial charge in [0.05, 0.1) is 11.3 Å². The molecule has 28 heavy (non-hydrogen) atoms. The number of benzene rings is 1. The minimum absolute atomic E-state index is 0.0341. The predicted molar refractivity (Wildman–Crippen MR) is 105 cm³/mol. The predicted octanol–water partition coefficient (Wildman–Crippen LogP) is 0.604. The Morgan fingerprint density at radius 3 is 2.71 bits per heavy atom. The van der Waals surface area contributed by atoms with Crippen LogP contribution in [0.3, 0.4) is 0 Å². The van der Waals surface area contributed by atoms with Gasteiger partial charge in [-0.25, -0.2) is 8.42 Å². The Morgan fingerprint density at radius 2 is 1.96 bits per heavy atom. The minimum atomic E-state index is -3.95. The van der Waals surface area contributed by atoms with Crippen LogP contribution in [-0.2, 0) is 19.6 Å². The number of aryl methyl sites for hydroxylation is 1. The second-order valence-corrected chi connectivity index (χ2v) is 8.98. The van der Waals surface area contributed by atoms with E-state index in [0.717, 1.165) is 42.2 Å². The van der Waals surface area contributed by atoms with Crippen LogP contribution < -0.4 is 16.0 Å². The third kappa shape index (κ3) is 4.71. The summed E-state index contributed by atoms with van der Waals surface area (Å²) in [6, 6.07) is 5.30. The van der Waals surface area contributed by atoms with Gasteiger partial charge in [-0.2, -0.15) is 0 Å². The summed E-state index contributed by atoms with van der Waals surface area (Å²) in [6.07, 6.45) is 4.98. The molecule has 1 fully saturated rings. The minimum Gasteiger partial charge on any atom is -0.353 e. The largest absolute Gasteiger partial charge is 0.353 e. The molecule has 0 bridgehead atoms. The van der Waals surface area contributed by atoms with Gasteiger partial charge in [-0.3, -0.25) is 13.9 Å². The maximum atomic E-state index is 13.0. The average molecular weight is 407 g/mol. The Hall–Kier alpha value is -2.39. The number of rotatable bonds is 5. The van der Waals surface area contributed by atoms with Crippen LogP contribution in [0.5, 0.6) is 0 Å². The van der Waals surface area contributed by atoms with Gasteiger partial charge < -0.3 is 16.0 Å². The first-order valence-corrected chi connectivity index (χ1v) is 10.9. The molecule has 1 aromatic rings. The molecule has 2 aliphatic rings. The molecule has 9 heteroatoms. The van der Waals surface area contributed by atoms with Crippen LogP contribution in [0, 0.1) is 6.92 Å². The molecule has 152 valence electrons. The molecular formula is C19H26N4O4S. The van der Waals surface area contributed by atoms with Crippen LogP contribution in [0.4, 0.5) is 0 Å². The van der Waals surface area contributed by atoms with Crippen molar-refractivity contribution in [2.45, 2.75) is 49.6 Å². The number of hydrogen-bond acceptors (Lipinski definition) is 5. The van der Waals surface area contributed by atoms with Crippen molar-refractivity contribution < 1.29 is 18.0 Å². The summed E-state index contributed by atoms with van der Waals surface area (Å²) >= 11 is 0. The fourth-order valence-corrected chi connectivity index (χ4v) is 4.85. The molecule has 2 aliphatic heterocycles. The van der Waals surface area contributed by atoms with Crippen molar-refractivity contribution in [3.05, 3.63) is 42.2 Å². The van der Waals surface area contributed by atoms with Gasteiger partial charge in [0.15, 0.2) is 0 Å². The number of carbonyl (C=O) groups is 2. The first-order valence-electron chi connectivity index (χ1n) is 9.45. The lowest BCUT2D eigenvalue weighted by Gasteiger charge is -2.31. The molecule has 2 amide bonds. The van der Waals surface area contributed by atoms with Gasteiger partial charge in [0.1, 0.15) is 6.04 Å². The highest BCUT2D eigenvalue weighted by Crippen LogP contribution is 2.23. The van der Waals surface area contributed by atoms with E-state index in [4.69, 9.17) is 0 Å². The molecular weight excluding hydrogens is 380 g/mol. The second kappa shape index (κ2) is 8.74. The van der Waals surface area contributed by atoms with Crippen LogP contribution >= 0.6 is 0 Å². The maximum Gasteiger partial charge on any atom is 0.264 e. The van der Waals surface area contributed by atoms with Crippen LogP contribution in [-0.4, -0.2) is 49.7 Å². The topological polar surface area (TPSA) is 108 Å². The van der Waals surface area contributed by atoms with E-state index in [2.05, 4.69) is 16.0 Å². The van der Waals surface area contributed by atoms with Crippen LogP contribution in [0.25, 0.3) is 0 Å². The van der Waals surface area contributed by atoms with Crippen molar-refractivity contribution in [3.63, 3.8) is 0 Å². The van der Waals surface area contributed by atoms with Crippen LogP contribution in [0.1, 0.15) is 31.2 Å². The van der Waals surface area contributed by atoms with Gasteiger partial charge >= 0.3 is 0 Å². The third-order valence-corrected chi connectivity index (χ3v) is 6.77. The Morgan fingerprint density at radius 1 is 1.21 bits per heavy atom. The SMILES string of the molecule is Cc1ccc(S(=O)(=O)N2C=CNC(=O)[C@H]2CC(=O)N[C@H]2CCCNCC2)cc1. The van der Waals surface area contributed by atoms with Crippen molar-refractivity contribution in [2.24, 2.45) is 0 Å². The van der Waals surface area contributed by atoms with Gasteiger partial charge in [-0.05, 0) is 51.4 Å². The molecule has 0 radical (unpaired) electrons. The number of hydrogen-bond donors (Lipinski definition) is 3. The number of amides is 2. The molecule has 0 unspecified atom stereocenters. The highest BCUT2D eigenvalue weighted by atomic mass is 32.2. The molecule has 3 rings (SSSR count). The Balaban J connectivity index is 1.75. The van der Waals surface area contributed by atoms with Gasteiger partial charge in [-0.1, -0.05) is 17.7 Å². The Labute approximate surface area is 165 Å². The monoisotopic (exact) mass is 406 g/mol. The van der Waals surface area contributed by atoms with Crippen molar-refractivity contribution in [2.75, 3.05) is 13.1 Å². The zero-order valence-corrected chi connectivity index (χ0v) is 16.7. The molecule has 0 aliphatic carbocycles. The summed E-state index contributed by atoms with van der Waals surface area (Å²) in [5, 5.41) is 8.72.